The minimum Gasteiger partial charge on any atom is -0.492 e. The Morgan fingerprint density at radius 3 is 2.48 bits per heavy atom. The highest BCUT2D eigenvalue weighted by molar-refractivity contribution is 7.89. The molecule has 1 spiro atoms. The fraction of sp³-hybridized carbons (Fsp3) is 0.625. The Morgan fingerprint density at radius 2 is 1.87 bits per heavy atom. The van der Waals surface area contributed by atoms with Gasteiger partial charge >= 0.3 is 0 Å². The molecule has 23 heavy (non-hydrogen) atoms. The Morgan fingerprint density at radius 1 is 1.17 bits per heavy atom. The SMILES string of the molecule is O=S(=O)(CCOc1ccc(F)cc1)N1CCC2(CCCO2)CC1. The van der Waals surface area contributed by atoms with E-state index in [2.05, 4.69) is 0 Å². The maximum atomic E-state index is 12.8. The first kappa shape index (κ1) is 16.7. The number of hydrogen-bond donors (Lipinski definition) is 0. The molecule has 0 radical (unpaired) electrons. The molecule has 128 valence electrons. The molecule has 0 N–H and O–H groups in total. The van der Waals surface area contributed by atoms with Crippen LogP contribution in [0.3, 0.4) is 0 Å². The van der Waals surface area contributed by atoms with Gasteiger partial charge in [-0.15, -0.1) is 0 Å². The van der Waals surface area contributed by atoms with Crippen LogP contribution in [-0.4, -0.2) is 50.4 Å². The Bertz CT molecular complexity index is 616. The molecule has 1 aromatic carbocycles. The first-order chi connectivity index (χ1) is 11.0. The molecule has 2 aliphatic heterocycles. The van der Waals surface area contributed by atoms with Crippen molar-refractivity contribution in [3.63, 3.8) is 0 Å². The Kier molecular flexibility index (Phi) is 4.89. The fourth-order valence-electron chi connectivity index (χ4n) is 3.25. The highest BCUT2D eigenvalue weighted by Crippen LogP contribution is 2.36. The number of sulfonamides is 1. The standard InChI is InChI=1S/C16H22FNO4S/c17-14-2-4-15(5-3-14)21-12-13-23(19,20)18-9-7-16(8-10-18)6-1-11-22-16/h2-5H,1,6-13H2. The van der Waals surface area contributed by atoms with E-state index in [1.165, 1.54) is 28.6 Å². The number of rotatable bonds is 5. The molecule has 0 aromatic heterocycles. The van der Waals surface area contributed by atoms with E-state index in [9.17, 15) is 12.8 Å². The minimum atomic E-state index is -3.33. The predicted octanol–water partition coefficient (Wildman–Crippen LogP) is 2.18. The lowest BCUT2D eigenvalue weighted by Gasteiger charge is -2.37. The van der Waals surface area contributed by atoms with Crippen molar-refractivity contribution >= 4 is 10.0 Å². The van der Waals surface area contributed by atoms with Gasteiger partial charge in [0, 0.05) is 19.7 Å². The van der Waals surface area contributed by atoms with Crippen molar-refractivity contribution in [2.45, 2.75) is 31.3 Å². The van der Waals surface area contributed by atoms with E-state index in [0.29, 0.717) is 18.8 Å². The third-order valence-electron chi connectivity index (χ3n) is 4.64. The average Bonchev–Trinajstić information content (AvgIpc) is 2.98. The predicted molar refractivity (Wildman–Crippen MR) is 84.4 cm³/mol. The average molecular weight is 343 g/mol. The zero-order valence-corrected chi connectivity index (χ0v) is 13.9. The largest absolute Gasteiger partial charge is 0.492 e. The summed E-state index contributed by atoms with van der Waals surface area (Å²) in [5.74, 6) is 0.0537. The molecule has 2 aliphatic rings. The molecule has 2 saturated heterocycles. The molecule has 7 heteroatoms. The highest BCUT2D eigenvalue weighted by Gasteiger charge is 2.40. The van der Waals surface area contributed by atoms with Crippen molar-refractivity contribution in [3.05, 3.63) is 30.1 Å². The van der Waals surface area contributed by atoms with Gasteiger partial charge in [0.25, 0.3) is 0 Å². The van der Waals surface area contributed by atoms with Crippen molar-refractivity contribution in [3.8, 4) is 5.75 Å². The fourth-order valence-corrected chi connectivity index (χ4v) is 4.54. The highest BCUT2D eigenvalue weighted by atomic mass is 32.2. The van der Waals surface area contributed by atoms with Crippen molar-refractivity contribution < 1.29 is 22.3 Å². The van der Waals surface area contributed by atoms with Crippen LogP contribution in [0.4, 0.5) is 4.39 Å². The maximum absolute atomic E-state index is 12.8. The van der Waals surface area contributed by atoms with Gasteiger partial charge in [-0.2, -0.15) is 0 Å². The molecule has 3 rings (SSSR count). The smallest absolute Gasteiger partial charge is 0.217 e. The van der Waals surface area contributed by atoms with Gasteiger partial charge in [-0.05, 0) is 49.9 Å². The van der Waals surface area contributed by atoms with Gasteiger partial charge < -0.3 is 9.47 Å². The summed E-state index contributed by atoms with van der Waals surface area (Å²) in [7, 11) is -3.33. The lowest BCUT2D eigenvalue weighted by molar-refractivity contribution is -0.0309. The maximum Gasteiger partial charge on any atom is 0.217 e. The summed E-state index contributed by atoms with van der Waals surface area (Å²) >= 11 is 0. The van der Waals surface area contributed by atoms with Gasteiger partial charge in [0.1, 0.15) is 18.2 Å². The topological polar surface area (TPSA) is 55.8 Å². The Balaban J connectivity index is 1.48. The summed E-state index contributed by atoms with van der Waals surface area (Å²) in [6, 6.07) is 5.55. The number of hydrogen-bond acceptors (Lipinski definition) is 4. The number of halogens is 1. The van der Waals surface area contributed by atoms with Crippen molar-refractivity contribution in [1.82, 2.24) is 4.31 Å². The molecule has 0 atom stereocenters. The van der Waals surface area contributed by atoms with Crippen LogP contribution in [0, 0.1) is 5.82 Å². The van der Waals surface area contributed by atoms with Gasteiger partial charge in [-0.3, -0.25) is 0 Å². The van der Waals surface area contributed by atoms with Gasteiger partial charge in [0.2, 0.25) is 10.0 Å². The van der Waals surface area contributed by atoms with E-state index in [1.54, 1.807) is 0 Å². The minimum absolute atomic E-state index is 0.0616. The summed E-state index contributed by atoms with van der Waals surface area (Å²) in [6.45, 7) is 1.88. The summed E-state index contributed by atoms with van der Waals surface area (Å²) in [4.78, 5) is 0. The summed E-state index contributed by atoms with van der Waals surface area (Å²) in [5.41, 5.74) is -0.0867. The second-order valence-corrected chi connectivity index (χ2v) is 8.24. The Hall–Kier alpha value is -1.18. The molecule has 2 heterocycles. The zero-order chi connectivity index (χ0) is 16.3. The molecular weight excluding hydrogens is 321 g/mol. The van der Waals surface area contributed by atoms with Gasteiger partial charge in [0.05, 0.1) is 11.4 Å². The van der Waals surface area contributed by atoms with Gasteiger partial charge in [0.15, 0.2) is 0 Å². The third kappa shape index (κ3) is 4.02. The number of piperidine rings is 1. The normalized spacial score (nSPS) is 21.6. The number of nitrogens with zero attached hydrogens (tertiary/aromatic N) is 1. The van der Waals surface area contributed by atoms with E-state index in [4.69, 9.17) is 9.47 Å². The van der Waals surface area contributed by atoms with Gasteiger partial charge in [-0.1, -0.05) is 0 Å². The molecule has 1 aromatic rings. The second kappa shape index (κ2) is 6.75. The first-order valence-corrected chi connectivity index (χ1v) is 9.60. The van der Waals surface area contributed by atoms with E-state index in [1.807, 2.05) is 0 Å². The van der Waals surface area contributed by atoms with Crippen LogP contribution >= 0.6 is 0 Å². The molecule has 0 amide bonds. The summed E-state index contributed by atoms with van der Waals surface area (Å²) < 4.78 is 50.3. The quantitative estimate of drug-likeness (QED) is 0.822. The molecule has 2 fully saturated rings. The van der Waals surface area contributed by atoms with Gasteiger partial charge in [-0.25, -0.2) is 17.1 Å². The van der Waals surface area contributed by atoms with Crippen LogP contribution in [-0.2, 0) is 14.8 Å². The second-order valence-electron chi connectivity index (χ2n) is 6.15. The van der Waals surface area contributed by atoms with Crippen LogP contribution in [0.2, 0.25) is 0 Å². The van der Waals surface area contributed by atoms with E-state index in [0.717, 1.165) is 32.3 Å². The summed E-state index contributed by atoms with van der Waals surface area (Å²) in [6.07, 6.45) is 3.64. The van der Waals surface area contributed by atoms with E-state index >= 15 is 0 Å². The Labute approximate surface area is 136 Å². The van der Waals surface area contributed by atoms with Crippen LogP contribution in [0.15, 0.2) is 24.3 Å². The van der Waals surface area contributed by atoms with Crippen molar-refractivity contribution in [2.75, 3.05) is 32.1 Å². The third-order valence-corrected chi connectivity index (χ3v) is 6.47. The molecule has 0 unspecified atom stereocenters. The van der Waals surface area contributed by atoms with E-state index < -0.39 is 10.0 Å². The lowest BCUT2D eigenvalue weighted by Crippen LogP contribution is -2.47. The number of ether oxygens (including phenoxy) is 2. The number of benzene rings is 1. The first-order valence-electron chi connectivity index (χ1n) is 7.99. The van der Waals surface area contributed by atoms with Crippen LogP contribution in [0.5, 0.6) is 5.75 Å². The van der Waals surface area contributed by atoms with Crippen LogP contribution < -0.4 is 4.74 Å². The zero-order valence-electron chi connectivity index (χ0n) is 13.0. The lowest BCUT2D eigenvalue weighted by atomic mass is 9.90. The molecule has 5 nitrogen and oxygen atoms in total. The summed E-state index contributed by atoms with van der Waals surface area (Å²) in [5, 5.41) is 0. The molecule has 0 saturated carbocycles. The molecule has 0 bridgehead atoms. The van der Waals surface area contributed by atoms with Crippen molar-refractivity contribution in [1.29, 1.82) is 0 Å². The molecular formula is C16H22FNO4S. The van der Waals surface area contributed by atoms with Crippen LogP contribution in [0.25, 0.3) is 0 Å². The van der Waals surface area contributed by atoms with Crippen molar-refractivity contribution in [2.24, 2.45) is 0 Å². The van der Waals surface area contributed by atoms with Crippen LogP contribution in [0.1, 0.15) is 25.7 Å². The van der Waals surface area contributed by atoms with E-state index in [-0.39, 0.29) is 23.8 Å². The molecule has 0 aliphatic carbocycles. The monoisotopic (exact) mass is 343 g/mol.